The van der Waals surface area contributed by atoms with Gasteiger partial charge in [-0.2, -0.15) is 0 Å². The van der Waals surface area contributed by atoms with Gasteiger partial charge in [0.2, 0.25) is 0 Å². The Morgan fingerprint density at radius 2 is 2.00 bits per heavy atom. The molecule has 0 aliphatic rings. The van der Waals surface area contributed by atoms with E-state index in [4.69, 9.17) is 0 Å². The van der Waals surface area contributed by atoms with Gasteiger partial charge in [0.25, 0.3) is 0 Å². The number of anilines is 1. The van der Waals surface area contributed by atoms with Crippen molar-refractivity contribution in [3.8, 4) is 0 Å². The molecule has 0 aliphatic carbocycles. The quantitative estimate of drug-likeness (QED) is 0.863. The highest BCUT2D eigenvalue weighted by atomic mass is 16.1. The summed E-state index contributed by atoms with van der Waals surface area (Å²) >= 11 is 0. The summed E-state index contributed by atoms with van der Waals surface area (Å²) in [4.78, 5) is 16.3. The van der Waals surface area contributed by atoms with Crippen LogP contribution in [-0.2, 0) is 13.1 Å². The number of aromatic nitrogens is 3. The Morgan fingerprint density at radius 1 is 1.21 bits per heavy atom. The number of hydrogen-bond donors (Lipinski definition) is 1. The van der Waals surface area contributed by atoms with Crippen LogP contribution < -0.4 is 11.0 Å². The third-order valence-electron chi connectivity index (χ3n) is 2.92. The molecule has 2 aromatic heterocycles. The number of nitrogens with one attached hydrogen (secondary N) is 1. The third kappa shape index (κ3) is 3.24. The molecule has 0 amide bonds. The lowest BCUT2D eigenvalue weighted by Gasteiger charge is -2.05. The molecule has 0 saturated heterocycles. The van der Waals surface area contributed by atoms with Gasteiger partial charge < -0.3 is 5.32 Å². The van der Waals surface area contributed by atoms with Gasteiger partial charge in [0, 0.05) is 31.7 Å². The first-order valence-corrected chi connectivity index (χ1v) is 6.69. The minimum atomic E-state index is 0.0395. The number of aryl methyl sites for hydroxylation is 1. The molecular formula is C14H20N4O. The molecule has 19 heavy (non-hydrogen) atoms. The van der Waals surface area contributed by atoms with Crippen molar-refractivity contribution >= 4 is 5.82 Å². The van der Waals surface area contributed by atoms with Crippen LogP contribution in [0.2, 0.25) is 0 Å². The minimum Gasteiger partial charge on any atom is -0.370 e. The second-order valence-corrected chi connectivity index (χ2v) is 4.48. The van der Waals surface area contributed by atoms with Crippen LogP contribution in [0, 0.1) is 0 Å². The van der Waals surface area contributed by atoms with Crippen LogP contribution in [0.15, 0.2) is 35.5 Å². The van der Waals surface area contributed by atoms with Gasteiger partial charge in [0.15, 0.2) is 0 Å². The van der Waals surface area contributed by atoms with Crippen molar-refractivity contribution in [2.45, 2.75) is 33.4 Å². The summed E-state index contributed by atoms with van der Waals surface area (Å²) < 4.78 is 3.44. The molecular weight excluding hydrogens is 240 g/mol. The normalized spacial score (nSPS) is 10.6. The number of pyridine rings is 1. The highest BCUT2D eigenvalue weighted by molar-refractivity contribution is 5.35. The molecule has 0 aromatic carbocycles. The van der Waals surface area contributed by atoms with Crippen LogP contribution in [0.3, 0.4) is 0 Å². The molecule has 0 radical (unpaired) electrons. The first-order valence-electron chi connectivity index (χ1n) is 6.69. The Morgan fingerprint density at radius 3 is 2.63 bits per heavy atom. The van der Waals surface area contributed by atoms with Crippen LogP contribution in [0.1, 0.15) is 25.8 Å². The van der Waals surface area contributed by atoms with Crippen LogP contribution in [-0.4, -0.2) is 20.7 Å². The van der Waals surface area contributed by atoms with Gasteiger partial charge in [0.05, 0.1) is 6.54 Å². The zero-order valence-corrected chi connectivity index (χ0v) is 11.5. The molecule has 2 rings (SSSR count). The summed E-state index contributed by atoms with van der Waals surface area (Å²) in [5, 5.41) is 3.15. The van der Waals surface area contributed by atoms with E-state index in [1.165, 1.54) is 0 Å². The predicted molar refractivity (Wildman–Crippen MR) is 76.5 cm³/mol. The van der Waals surface area contributed by atoms with E-state index < -0.39 is 0 Å². The SMILES string of the molecule is CCCn1ccn(Cc2ccc(NCC)nc2)c1=O. The van der Waals surface area contributed by atoms with E-state index in [1.807, 2.05) is 37.6 Å². The van der Waals surface area contributed by atoms with Crippen LogP contribution >= 0.6 is 0 Å². The average molecular weight is 260 g/mol. The van der Waals surface area contributed by atoms with Gasteiger partial charge in [-0.3, -0.25) is 9.13 Å². The summed E-state index contributed by atoms with van der Waals surface area (Å²) in [6, 6.07) is 3.93. The molecule has 5 nitrogen and oxygen atoms in total. The molecule has 0 spiro atoms. The summed E-state index contributed by atoms with van der Waals surface area (Å²) in [7, 11) is 0. The predicted octanol–water partition coefficient (Wildman–Crippen LogP) is 1.93. The third-order valence-corrected chi connectivity index (χ3v) is 2.92. The highest BCUT2D eigenvalue weighted by Gasteiger charge is 2.03. The first-order chi connectivity index (χ1) is 9.24. The van der Waals surface area contributed by atoms with Gasteiger partial charge in [0.1, 0.15) is 5.82 Å². The van der Waals surface area contributed by atoms with Crippen LogP contribution in [0.25, 0.3) is 0 Å². The Bertz CT molecular complexity index is 568. The molecule has 0 fully saturated rings. The van der Waals surface area contributed by atoms with E-state index in [-0.39, 0.29) is 5.69 Å². The summed E-state index contributed by atoms with van der Waals surface area (Å²) in [5.41, 5.74) is 1.07. The molecule has 0 saturated carbocycles. The maximum atomic E-state index is 12.0. The zero-order chi connectivity index (χ0) is 13.7. The van der Waals surface area contributed by atoms with Gasteiger partial charge in [-0.05, 0) is 25.0 Å². The fourth-order valence-electron chi connectivity index (χ4n) is 1.99. The van der Waals surface area contributed by atoms with E-state index in [0.717, 1.165) is 30.9 Å². The van der Waals surface area contributed by atoms with Gasteiger partial charge in [-0.15, -0.1) is 0 Å². The van der Waals surface area contributed by atoms with E-state index in [2.05, 4.69) is 17.2 Å². The van der Waals surface area contributed by atoms with Gasteiger partial charge in [-0.25, -0.2) is 9.78 Å². The monoisotopic (exact) mass is 260 g/mol. The molecule has 0 bridgehead atoms. The molecule has 102 valence electrons. The molecule has 0 aliphatic heterocycles. The number of rotatable bonds is 6. The second-order valence-electron chi connectivity index (χ2n) is 4.48. The lowest BCUT2D eigenvalue weighted by Crippen LogP contribution is -2.24. The minimum absolute atomic E-state index is 0.0395. The molecule has 1 N–H and O–H groups in total. The molecule has 2 aromatic rings. The highest BCUT2D eigenvalue weighted by Crippen LogP contribution is 2.05. The smallest absolute Gasteiger partial charge is 0.328 e. The van der Waals surface area contributed by atoms with E-state index in [9.17, 15) is 4.79 Å². The summed E-state index contributed by atoms with van der Waals surface area (Å²) in [6.07, 6.45) is 6.44. The Hall–Kier alpha value is -2.04. The van der Waals surface area contributed by atoms with E-state index >= 15 is 0 Å². The van der Waals surface area contributed by atoms with Crippen molar-refractivity contribution in [2.75, 3.05) is 11.9 Å². The first kappa shape index (κ1) is 13.4. The van der Waals surface area contributed by atoms with Gasteiger partial charge in [-0.1, -0.05) is 13.0 Å². The molecule has 5 heteroatoms. The maximum absolute atomic E-state index is 12.0. The average Bonchev–Trinajstić information content (AvgIpc) is 2.75. The Labute approximate surface area is 112 Å². The maximum Gasteiger partial charge on any atom is 0.328 e. The van der Waals surface area contributed by atoms with Gasteiger partial charge >= 0.3 is 5.69 Å². The van der Waals surface area contributed by atoms with Crippen molar-refractivity contribution < 1.29 is 0 Å². The standard InChI is InChI=1S/C14H20N4O/c1-3-7-17-8-9-18(14(17)19)11-12-5-6-13(15-4-2)16-10-12/h5-6,8-10H,3-4,7,11H2,1-2H3,(H,15,16). The fourth-order valence-corrected chi connectivity index (χ4v) is 1.99. The topological polar surface area (TPSA) is 51.9 Å². The van der Waals surface area contributed by atoms with E-state index in [1.54, 1.807) is 9.13 Å². The Kier molecular flexibility index (Phi) is 4.39. The molecule has 2 heterocycles. The molecule has 0 unspecified atom stereocenters. The van der Waals surface area contributed by atoms with Crippen molar-refractivity contribution in [2.24, 2.45) is 0 Å². The van der Waals surface area contributed by atoms with Crippen molar-refractivity contribution in [3.63, 3.8) is 0 Å². The van der Waals surface area contributed by atoms with Crippen LogP contribution in [0.5, 0.6) is 0 Å². The number of nitrogens with zero attached hydrogens (tertiary/aromatic N) is 3. The second kappa shape index (κ2) is 6.22. The lowest BCUT2D eigenvalue weighted by atomic mass is 10.3. The number of hydrogen-bond acceptors (Lipinski definition) is 3. The fraction of sp³-hybridized carbons (Fsp3) is 0.429. The van der Waals surface area contributed by atoms with Crippen molar-refractivity contribution in [1.82, 2.24) is 14.1 Å². The molecule has 0 atom stereocenters. The van der Waals surface area contributed by atoms with Crippen LogP contribution in [0.4, 0.5) is 5.82 Å². The lowest BCUT2D eigenvalue weighted by molar-refractivity contribution is 0.624. The van der Waals surface area contributed by atoms with Crippen molar-refractivity contribution in [3.05, 3.63) is 46.8 Å². The summed E-state index contributed by atoms with van der Waals surface area (Å²) in [6.45, 7) is 6.28. The summed E-state index contributed by atoms with van der Waals surface area (Å²) in [5.74, 6) is 0.863. The number of imidazole rings is 1. The largest absolute Gasteiger partial charge is 0.370 e. The van der Waals surface area contributed by atoms with E-state index in [0.29, 0.717) is 6.54 Å². The van der Waals surface area contributed by atoms with Crippen molar-refractivity contribution in [1.29, 1.82) is 0 Å². The zero-order valence-electron chi connectivity index (χ0n) is 11.5. The Balaban J connectivity index is 2.10.